The van der Waals surface area contributed by atoms with Crippen molar-refractivity contribution in [3.8, 4) is 22.8 Å². The molecule has 1 aliphatic rings. The van der Waals surface area contributed by atoms with Crippen molar-refractivity contribution in [3.05, 3.63) is 82.2 Å². The number of urea groups is 1. The molecule has 2 amide bonds. The summed E-state index contributed by atoms with van der Waals surface area (Å²) in [7, 11) is 1.27. The molecule has 40 heavy (non-hydrogen) atoms. The number of allylic oxidation sites excluding steroid dienone is 1. The van der Waals surface area contributed by atoms with E-state index < -0.39 is 24.3 Å². The van der Waals surface area contributed by atoms with E-state index in [-0.39, 0.29) is 12.2 Å². The predicted octanol–water partition coefficient (Wildman–Crippen LogP) is 4.12. The number of rotatable bonds is 11. The van der Waals surface area contributed by atoms with Crippen LogP contribution in [-0.4, -0.2) is 49.9 Å². The summed E-state index contributed by atoms with van der Waals surface area (Å²) in [6.07, 6.45) is 0.293. The molecule has 4 rings (SSSR count). The van der Waals surface area contributed by atoms with Gasteiger partial charge in [0, 0.05) is 16.3 Å². The zero-order valence-corrected chi connectivity index (χ0v) is 22.8. The predicted molar refractivity (Wildman–Crippen MR) is 148 cm³/mol. The van der Waals surface area contributed by atoms with E-state index in [1.54, 1.807) is 43.3 Å². The smallest absolute Gasteiger partial charge is 0.337 e. The Hall–Kier alpha value is -4.48. The number of hydrazone groups is 1. The van der Waals surface area contributed by atoms with E-state index in [0.29, 0.717) is 45.9 Å². The largest absolute Gasteiger partial charge is 0.490 e. The molecule has 0 radical (unpaired) electrons. The maximum absolute atomic E-state index is 12.4. The van der Waals surface area contributed by atoms with Crippen molar-refractivity contribution >= 4 is 29.8 Å². The summed E-state index contributed by atoms with van der Waals surface area (Å²) in [4.78, 5) is 24.5. The van der Waals surface area contributed by atoms with Gasteiger partial charge in [-0.25, -0.2) is 9.59 Å². The molecule has 3 aromatic rings. The van der Waals surface area contributed by atoms with E-state index in [1.165, 1.54) is 13.3 Å². The van der Waals surface area contributed by atoms with Crippen LogP contribution in [0.2, 0.25) is 5.02 Å². The number of benzene rings is 2. The van der Waals surface area contributed by atoms with Crippen molar-refractivity contribution < 1.29 is 33.3 Å². The summed E-state index contributed by atoms with van der Waals surface area (Å²) < 4.78 is 22.1. The number of nitrogens with zero attached hydrogens (tertiary/aromatic N) is 1. The van der Waals surface area contributed by atoms with Crippen molar-refractivity contribution in [1.29, 1.82) is 0 Å². The minimum Gasteiger partial charge on any atom is -0.490 e. The van der Waals surface area contributed by atoms with E-state index in [9.17, 15) is 14.7 Å². The van der Waals surface area contributed by atoms with Crippen LogP contribution in [0.1, 0.15) is 31.2 Å². The fourth-order valence-electron chi connectivity index (χ4n) is 4.00. The van der Waals surface area contributed by atoms with Gasteiger partial charge in [-0.15, -0.1) is 0 Å². The molecule has 0 saturated heterocycles. The Morgan fingerprint density at radius 3 is 2.67 bits per heavy atom. The number of methoxy groups -OCH3 is 1. The Bertz CT molecular complexity index is 1420. The Morgan fingerprint density at radius 2 is 1.95 bits per heavy atom. The number of ether oxygens (including phenoxy) is 3. The van der Waals surface area contributed by atoms with E-state index in [2.05, 4.69) is 21.2 Å². The van der Waals surface area contributed by atoms with Crippen molar-refractivity contribution in [1.82, 2.24) is 16.1 Å². The first kappa shape index (κ1) is 28.5. The summed E-state index contributed by atoms with van der Waals surface area (Å²) in [5, 5.41) is 20.3. The van der Waals surface area contributed by atoms with E-state index in [0.717, 1.165) is 5.56 Å². The van der Waals surface area contributed by atoms with Gasteiger partial charge in [0.25, 0.3) is 0 Å². The second-order valence-electron chi connectivity index (χ2n) is 8.62. The topological polar surface area (TPSA) is 144 Å². The minimum atomic E-state index is -1.14. The van der Waals surface area contributed by atoms with Crippen molar-refractivity contribution in [2.24, 2.45) is 5.10 Å². The van der Waals surface area contributed by atoms with Crippen molar-refractivity contribution in [2.75, 3.05) is 20.3 Å². The zero-order valence-electron chi connectivity index (χ0n) is 22.1. The van der Waals surface area contributed by atoms with Gasteiger partial charge < -0.3 is 34.4 Å². The molecule has 4 N–H and O–H groups in total. The number of hydrogen-bond donors (Lipinski definition) is 4. The Balaban J connectivity index is 1.39. The maximum atomic E-state index is 12.4. The summed E-state index contributed by atoms with van der Waals surface area (Å²) in [5.41, 5.74) is 4.70. The van der Waals surface area contributed by atoms with Gasteiger partial charge in [0.05, 0.1) is 31.5 Å². The van der Waals surface area contributed by atoms with Crippen molar-refractivity contribution in [3.63, 3.8) is 0 Å². The van der Waals surface area contributed by atoms with Crippen LogP contribution >= 0.6 is 11.6 Å². The average Bonchev–Trinajstić information content (AvgIpc) is 3.41. The third-order valence-electron chi connectivity index (χ3n) is 5.84. The van der Waals surface area contributed by atoms with Crippen LogP contribution in [0.3, 0.4) is 0 Å². The number of esters is 1. The molecular weight excluding hydrogens is 540 g/mol. The van der Waals surface area contributed by atoms with Crippen LogP contribution in [0.5, 0.6) is 11.5 Å². The molecule has 2 atom stereocenters. The molecule has 0 bridgehead atoms. The molecule has 12 heteroatoms. The van der Waals surface area contributed by atoms with Crippen LogP contribution < -0.4 is 25.5 Å². The highest BCUT2D eigenvalue weighted by Gasteiger charge is 2.32. The number of halogens is 1. The Morgan fingerprint density at radius 1 is 1.18 bits per heavy atom. The average molecular weight is 569 g/mol. The monoisotopic (exact) mass is 568 g/mol. The molecule has 0 fully saturated rings. The quantitative estimate of drug-likeness (QED) is 0.117. The standard InChI is InChI=1S/C28H29ClN4O7/c1-4-38-23-13-18(26-25(27(35)37-3)16(2)31-28(36)32-26)7-11-22(23)39-15-24(34)33-30-14-20-10-12-21(40-20)17-5-8-19(29)9-6-17/h5-14,24,26,33-34H,4,15H2,1-3H3,(H2,31,32,36)/b30-14-/t24-,26-/m1/s1. The van der Waals surface area contributed by atoms with E-state index in [4.69, 9.17) is 30.2 Å². The van der Waals surface area contributed by atoms with Crippen LogP contribution in [0.25, 0.3) is 11.3 Å². The van der Waals surface area contributed by atoms with Gasteiger partial charge in [0.15, 0.2) is 17.7 Å². The Kier molecular flexibility index (Phi) is 9.31. The first-order valence-electron chi connectivity index (χ1n) is 12.4. The maximum Gasteiger partial charge on any atom is 0.337 e. The molecule has 2 heterocycles. The lowest BCUT2D eigenvalue weighted by molar-refractivity contribution is -0.136. The lowest BCUT2D eigenvalue weighted by Gasteiger charge is -2.28. The number of nitrogens with one attached hydrogen (secondary N) is 3. The van der Waals surface area contributed by atoms with Crippen LogP contribution in [0.4, 0.5) is 4.79 Å². The molecule has 11 nitrogen and oxygen atoms in total. The van der Waals surface area contributed by atoms with Gasteiger partial charge in [0.1, 0.15) is 18.1 Å². The minimum absolute atomic E-state index is 0.151. The number of aliphatic hydroxyl groups excluding tert-OH is 1. The fourth-order valence-corrected chi connectivity index (χ4v) is 4.13. The van der Waals surface area contributed by atoms with Crippen LogP contribution in [0.15, 0.2) is 75.4 Å². The molecule has 0 aliphatic carbocycles. The van der Waals surface area contributed by atoms with Gasteiger partial charge >= 0.3 is 12.0 Å². The van der Waals surface area contributed by atoms with Crippen LogP contribution in [0, 0.1) is 0 Å². The first-order chi connectivity index (χ1) is 19.3. The number of aliphatic hydroxyl groups is 1. The highest BCUT2D eigenvalue weighted by molar-refractivity contribution is 6.30. The van der Waals surface area contributed by atoms with Crippen LogP contribution in [-0.2, 0) is 9.53 Å². The zero-order chi connectivity index (χ0) is 28.6. The number of hydrogen-bond acceptors (Lipinski definition) is 9. The van der Waals surface area contributed by atoms with Crippen molar-refractivity contribution in [2.45, 2.75) is 26.1 Å². The number of furan rings is 1. The second kappa shape index (κ2) is 13.0. The third-order valence-corrected chi connectivity index (χ3v) is 6.09. The summed E-state index contributed by atoms with van der Waals surface area (Å²) in [6.45, 7) is 3.62. The molecule has 2 aromatic carbocycles. The normalized spacial score (nSPS) is 15.8. The number of carbonyl (C=O) groups excluding carboxylic acids is 2. The van der Waals surface area contributed by atoms with E-state index in [1.807, 2.05) is 25.1 Å². The molecule has 1 aromatic heterocycles. The third kappa shape index (κ3) is 6.93. The fraction of sp³-hybridized carbons (Fsp3) is 0.250. The summed E-state index contributed by atoms with van der Waals surface area (Å²) >= 11 is 5.93. The highest BCUT2D eigenvalue weighted by Crippen LogP contribution is 2.35. The van der Waals surface area contributed by atoms with Gasteiger partial charge in [-0.2, -0.15) is 5.10 Å². The second-order valence-corrected chi connectivity index (χ2v) is 9.06. The number of amides is 2. The highest BCUT2D eigenvalue weighted by atomic mass is 35.5. The van der Waals surface area contributed by atoms with Gasteiger partial charge in [0.2, 0.25) is 0 Å². The van der Waals surface area contributed by atoms with Gasteiger partial charge in [-0.3, -0.25) is 5.43 Å². The summed E-state index contributed by atoms with van der Waals surface area (Å²) in [5.74, 6) is 1.30. The molecule has 1 aliphatic heterocycles. The lowest BCUT2D eigenvalue weighted by Crippen LogP contribution is -2.45. The summed E-state index contributed by atoms with van der Waals surface area (Å²) in [6, 6.07) is 14.6. The molecule has 0 saturated carbocycles. The SMILES string of the molecule is CCOc1cc([C@H]2NC(=O)NC(C)=C2C(=O)OC)ccc1OC[C@@H](O)N/N=C\c1ccc(-c2ccc(Cl)cc2)o1. The van der Waals surface area contributed by atoms with Gasteiger partial charge in [-0.1, -0.05) is 17.7 Å². The molecule has 0 spiro atoms. The van der Waals surface area contributed by atoms with E-state index >= 15 is 0 Å². The number of carbonyl (C=O) groups is 2. The lowest BCUT2D eigenvalue weighted by atomic mass is 9.95. The molecular formula is C28H29ClN4O7. The molecule has 0 unspecified atom stereocenters. The molecule has 210 valence electrons. The van der Waals surface area contributed by atoms with Gasteiger partial charge in [-0.05, 0) is 67.9 Å². The Labute approximate surface area is 235 Å². The first-order valence-corrected chi connectivity index (χ1v) is 12.8.